The third kappa shape index (κ3) is 6.43. The molecule has 6 aromatic rings. The van der Waals surface area contributed by atoms with Crippen molar-refractivity contribution in [3.63, 3.8) is 0 Å². The van der Waals surface area contributed by atoms with E-state index in [9.17, 15) is 32.7 Å². The van der Waals surface area contributed by atoms with Crippen molar-refractivity contribution in [3.8, 4) is 11.5 Å². The summed E-state index contributed by atoms with van der Waals surface area (Å²) in [5, 5.41) is 19.4. The maximum absolute atomic E-state index is 15.1. The number of rotatable bonds is 10. The highest BCUT2D eigenvalue weighted by Gasteiger charge is 2.26. The summed E-state index contributed by atoms with van der Waals surface area (Å²) < 4.78 is 61.3. The summed E-state index contributed by atoms with van der Waals surface area (Å²) in [6.07, 6.45) is 6.39. The van der Waals surface area contributed by atoms with Crippen molar-refractivity contribution in [2.24, 2.45) is 7.05 Å². The number of anilines is 1. The molecule has 0 aliphatic rings. The van der Waals surface area contributed by atoms with Gasteiger partial charge >= 0.3 is 11.7 Å². The fraction of sp³-hybridized carbons (Fsp3) is 0.0968. The second-order valence-corrected chi connectivity index (χ2v) is 12.4. The summed E-state index contributed by atoms with van der Waals surface area (Å²) in [6.45, 7) is 0. The Bertz CT molecular complexity index is 2500. The molecule has 4 heterocycles. The zero-order valence-corrected chi connectivity index (χ0v) is 26.4. The first-order valence-electron chi connectivity index (χ1n) is 14.4. The molecule has 6 rings (SSSR count). The van der Waals surface area contributed by atoms with Gasteiger partial charge in [0, 0.05) is 37.6 Å². The number of hydrogen-bond acceptors (Lipinski definition) is 10. The molecule has 0 aliphatic heterocycles. The van der Waals surface area contributed by atoms with E-state index in [-0.39, 0.29) is 28.1 Å². The second kappa shape index (κ2) is 13.1. The molecule has 0 bridgehead atoms. The number of carboxylic acids is 1. The third-order valence-electron chi connectivity index (χ3n) is 7.56. The lowest BCUT2D eigenvalue weighted by molar-refractivity contribution is -0.139. The normalized spacial score (nSPS) is 12.1. The summed E-state index contributed by atoms with van der Waals surface area (Å²) in [7, 11) is -2.94. The van der Waals surface area contributed by atoms with Crippen molar-refractivity contribution in [1.82, 2.24) is 39.2 Å². The summed E-state index contributed by atoms with van der Waals surface area (Å²) in [5.74, 6) is -5.50. The van der Waals surface area contributed by atoms with Crippen molar-refractivity contribution in [2.75, 3.05) is 4.72 Å². The Morgan fingerprint density at radius 2 is 1.68 bits per heavy atom. The number of pyridine rings is 2. The number of benzene rings is 2. The van der Waals surface area contributed by atoms with Crippen molar-refractivity contribution < 1.29 is 31.9 Å². The molecule has 2 aromatic carbocycles. The van der Waals surface area contributed by atoms with E-state index in [0.717, 1.165) is 4.57 Å². The van der Waals surface area contributed by atoms with Gasteiger partial charge in [-0.1, -0.05) is 6.07 Å². The molecule has 0 fully saturated rings. The van der Waals surface area contributed by atoms with Crippen LogP contribution in [0, 0.1) is 11.6 Å². The Kier molecular flexibility index (Phi) is 8.73. The standard InChI is InChI=1S/C31H23F2N9O7S/c1-40-26-14-34-9-8-20(26)29(44)42(31(40)47)27-7-2-17(13-35-27)10-25(30(45)46)38-28(43)21-11-23(33)24(12-22(21)32)39-50(48,49)19-5-3-18(4-6-19)41-15-36-37-16-41/h2-9,11-16,25,39H,10H2,1H3,(H,38,43)(H,45,46)/t25-/m0/s1. The highest BCUT2D eigenvalue weighted by Crippen LogP contribution is 2.24. The second-order valence-electron chi connectivity index (χ2n) is 10.7. The zero-order valence-electron chi connectivity index (χ0n) is 25.6. The number of amides is 1. The van der Waals surface area contributed by atoms with Crippen LogP contribution in [0.3, 0.4) is 0 Å². The maximum atomic E-state index is 15.1. The first kappa shape index (κ1) is 33.3. The number of aromatic nitrogens is 7. The van der Waals surface area contributed by atoms with E-state index >= 15 is 8.78 Å². The molecule has 3 N–H and O–H groups in total. The first-order chi connectivity index (χ1) is 23.8. The van der Waals surface area contributed by atoms with Crippen LogP contribution < -0.4 is 21.3 Å². The third-order valence-corrected chi connectivity index (χ3v) is 8.95. The predicted molar refractivity (Wildman–Crippen MR) is 171 cm³/mol. The molecule has 254 valence electrons. The van der Waals surface area contributed by atoms with Gasteiger partial charge in [-0.2, -0.15) is 0 Å². The molecular weight excluding hydrogens is 680 g/mol. The molecule has 4 aromatic heterocycles. The number of aryl methyl sites for hydroxylation is 1. The molecule has 1 atom stereocenters. The number of fused-ring (bicyclic) bond motifs is 1. The van der Waals surface area contributed by atoms with E-state index < -0.39 is 62.1 Å². The van der Waals surface area contributed by atoms with Crippen LogP contribution in [0.5, 0.6) is 0 Å². The quantitative estimate of drug-likeness (QED) is 0.186. The van der Waals surface area contributed by atoms with Crippen LogP contribution >= 0.6 is 0 Å². The smallest absolute Gasteiger partial charge is 0.337 e. The molecule has 0 spiro atoms. The number of halogens is 2. The van der Waals surface area contributed by atoms with Crippen molar-refractivity contribution in [2.45, 2.75) is 17.4 Å². The number of aliphatic carboxylic acids is 1. The van der Waals surface area contributed by atoms with Gasteiger partial charge in [0.05, 0.1) is 33.2 Å². The van der Waals surface area contributed by atoms with Crippen LogP contribution in [0.15, 0.2) is 100 Å². The number of carbonyl (C=O) groups is 2. The number of nitrogens with zero attached hydrogens (tertiary/aromatic N) is 7. The predicted octanol–water partition coefficient (Wildman–Crippen LogP) is 1.56. The largest absolute Gasteiger partial charge is 0.480 e. The minimum atomic E-state index is -4.40. The van der Waals surface area contributed by atoms with E-state index in [1.54, 1.807) is 0 Å². The van der Waals surface area contributed by atoms with Gasteiger partial charge in [-0.05, 0) is 48.0 Å². The van der Waals surface area contributed by atoms with E-state index in [1.165, 1.54) is 89.9 Å². The highest BCUT2D eigenvalue weighted by atomic mass is 32.2. The van der Waals surface area contributed by atoms with Gasteiger partial charge in [0.2, 0.25) is 0 Å². The first-order valence-corrected chi connectivity index (χ1v) is 15.8. The molecule has 0 unspecified atom stereocenters. The lowest BCUT2D eigenvalue weighted by Crippen LogP contribution is -2.42. The van der Waals surface area contributed by atoms with Crippen molar-refractivity contribution in [3.05, 3.63) is 129 Å². The topological polar surface area (TPSA) is 213 Å². The van der Waals surface area contributed by atoms with Gasteiger partial charge in [0.15, 0.2) is 0 Å². The molecule has 0 saturated carbocycles. The van der Waals surface area contributed by atoms with Crippen LogP contribution in [0.1, 0.15) is 15.9 Å². The van der Waals surface area contributed by atoms with E-state index in [2.05, 4.69) is 25.5 Å². The average Bonchev–Trinajstić information content (AvgIpc) is 3.64. The Labute approximate surface area is 279 Å². The summed E-state index contributed by atoms with van der Waals surface area (Å²) in [4.78, 5) is 58.6. The Hall–Kier alpha value is -6.63. The number of carboxylic acid groups (broad SMARTS) is 1. The zero-order chi connectivity index (χ0) is 35.7. The van der Waals surface area contributed by atoms with Crippen LogP contribution in [0.25, 0.3) is 22.4 Å². The summed E-state index contributed by atoms with van der Waals surface area (Å²) in [5.41, 5.74) is -1.91. The lowest BCUT2D eigenvalue weighted by atomic mass is 10.1. The fourth-order valence-corrected chi connectivity index (χ4v) is 6.03. The van der Waals surface area contributed by atoms with Gasteiger partial charge in [0.1, 0.15) is 36.1 Å². The Morgan fingerprint density at radius 3 is 2.34 bits per heavy atom. The molecule has 50 heavy (non-hydrogen) atoms. The van der Waals surface area contributed by atoms with Crippen molar-refractivity contribution in [1.29, 1.82) is 0 Å². The van der Waals surface area contributed by atoms with Gasteiger partial charge in [-0.25, -0.2) is 36.3 Å². The SMILES string of the molecule is Cn1c(=O)n(-c2ccc(C[C@H](NC(=O)c3cc(F)c(NS(=O)(=O)c4ccc(-n5cnnc5)cc4)cc3F)C(=O)O)cn2)c(=O)c2ccncc21. The van der Waals surface area contributed by atoms with Gasteiger partial charge < -0.3 is 10.4 Å². The molecule has 1 amide bonds. The van der Waals surface area contributed by atoms with Crippen LogP contribution in [0.2, 0.25) is 0 Å². The van der Waals surface area contributed by atoms with Crippen LogP contribution in [0.4, 0.5) is 14.5 Å². The van der Waals surface area contributed by atoms with E-state index in [1.807, 2.05) is 4.72 Å². The average molecular weight is 704 g/mol. The minimum Gasteiger partial charge on any atom is -0.480 e. The Balaban J connectivity index is 1.17. The molecular formula is C31H23F2N9O7S. The van der Waals surface area contributed by atoms with E-state index in [4.69, 9.17) is 0 Å². The van der Waals surface area contributed by atoms with Crippen LogP contribution in [-0.2, 0) is 28.3 Å². The molecule has 0 radical (unpaired) electrons. The Morgan fingerprint density at radius 1 is 0.960 bits per heavy atom. The summed E-state index contributed by atoms with van der Waals surface area (Å²) >= 11 is 0. The molecule has 0 aliphatic carbocycles. The number of nitrogens with one attached hydrogen (secondary N) is 2. The van der Waals surface area contributed by atoms with Gasteiger partial charge in [-0.3, -0.25) is 28.4 Å². The number of hydrogen-bond donors (Lipinski definition) is 3. The maximum Gasteiger partial charge on any atom is 0.337 e. The minimum absolute atomic E-state index is 0.0497. The monoisotopic (exact) mass is 703 g/mol. The van der Waals surface area contributed by atoms with Gasteiger partial charge in [0.25, 0.3) is 21.5 Å². The molecule has 16 nitrogen and oxygen atoms in total. The number of carbonyl (C=O) groups excluding carboxylic acids is 1. The number of sulfonamides is 1. The van der Waals surface area contributed by atoms with Crippen LogP contribution in [-0.4, -0.2) is 65.3 Å². The molecule has 19 heteroatoms. The molecule has 0 saturated heterocycles. The van der Waals surface area contributed by atoms with E-state index in [0.29, 0.717) is 23.3 Å². The highest BCUT2D eigenvalue weighted by molar-refractivity contribution is 7.92. The van der Waals surface area contributed by atoms with Gasteiger partial charge in [-0.15, -0.1) is 10.2 Å². The lowest BCUT2D eigenvalue weighted by Gasteiger charge is -2.16. The fourth-order valence-electron chi connectivity index (χ4n) is 4.97. The summed E-state index contributed by atoms with van der Waals surface area (Å²) in [6, 6.07) is 8.73. The van der Waals surface area contributed by atoms with Crippen molar-refractivity contribution >= 4 is 38.5 Å².